The maximum atomic E-state index is 12.7. The standard InChI is InChI=1S/C24H25NO3/c1-16(2)15-28-23-7-5-6-21(14-23)25-24(26)17(3)18-8-9-20-13-22(27-4)11-10-19(20)12-18/h5-14,17H,1,15H2,2-4H3,(H,25,26)/t17-/m0/s1. The molecule has 1 atom stereocenters. The minimum absolute atomic E-state index is 0.0649. The normalized spacial score (nSPS) is 11.7. The van der Waals surface area contributed by atoms with E-state index in [0.717, 1.165) is 27.7 Å². The predicted octanol–water partition coefficient (Wildman–Crippen LogP) is 5.55. The molecular formula is C24H25NO3. The van der Waals surface area contributed by atoms with Crippen molar-refractivity contribution in [1.29, 1.82) is 0 Å². The van der Waals surface area contributed by atoms with E-state index in [0.29, 0.717) is 18.0 Å². The van der Waals surface area contributed by atoms with Gasteiger partial charge in [0, 0.05) is 11.8 Å². The van der Waals surface area contributed by atoms with Crippen molar-refractivity contribution in [2.75, 3.05) is 19.0 Å². The molecule has 3 rings (SSSR count). The number of hydrogen-bond donors (Lipinski definition) is 1. The summed E-state index contributed by atoms with van der Waals surface area (Å²) >= 11 is 0. The minimum Gasteiger partial charge on any atom is -0.497 e. The first-order chi connectivity index (χ1) is 13.5. The number of methoxy groups -OCH3 is 1. The Balaban J connectivity index is 1.73. The Bertz CT molecular complexity index is 1010. The molecule has 0 saturated carbocycles. The Morgan fingerprint density at radius 1 is 1.04 bits per heavy atom. The topological polar surface area (TPSA) is 47.6 Å². The molecule has 0 radical (unpaired) electrons. The van der Waals surface area contributed by atoms with Crippen LogP contribution in [0.3, 0.4) is 0 Å². The first-order valence-corrected chi connectivity index (χ1v) is 9.22. The molecule has 0 aliphatic heterocycles. The van der Waals surface area contributed by atoms with Crippen molar-refractivity contribution in [1.82, 2.24) is 0 Å². The molecule has 0 aliphatic rings. The van der Waals surface area contributed by atoms with Crippen molar-refractivity contribution in [3.8, 4) is 11.5 Å². The molecular weight excluding hydrogens is 350 g/mol. The van der Waals surface area contributed by atoms with Crippen molar-refractivity contribution in [2.24, 2.45) is 0 Å². The zero-order valence-electron chi connectivity index (χ0n) is 16.5. The molecule has 1 amide bonds. The predicted molar refractivity (Wildman–Crippen MR) is 114 cm³/mol. The van der Waals surface area contributed by atoms with Crippen LogP contribution in [0.5, 0.6) is 11.5 Å². The molecule has 0 fully saturated rings. The van der Waals surface area contributed by atoms with Gasteiger partial charge in [-0.25, -0.2) is 0 Å². The van der Waals surface area contributed by atoms with E-state index in [2.05, 4.69) is 11.9 Å². The van der Waals surface area contributed by atoms with E-state index in [9.17, 15) is 4.79 Å². The molecule has 4 nitrogen and oxygen atoms in total. The van der Waals surface area contributed by atoms with Gasteiger partial charge in [-0.3, -0.25) is 4.79 Å². The number of benzene rings is 3. The summed E-state index contributed by atoms with van der Waals surface area (Å²) in [6.07, 6.45) is 0. The minimum atomic E-state index is -0.286. The average molecular weight is 375 g/mol. The second-order valence-electron chi connectivity index (χ2n) is 6.96. The van der Waals surface area contributed by atoms with Gasteiger partial charge < -0.3 is 14.8 Å². The van der Waals surface area contributed by atoms with Crippen LogP contribution in [0.1, 0.15) is 25.3 Å². The van der Waals surface area contributed by atoms with Gasteiger partial charge in [0.1, 0.15) is 18.1 Å². The highest BCUT2D eigenvalue weighted by atomic mass is 16.5. The summed E-state index contributed by atoms with van der Waals surface area (Å²) < 4.78 is 10.9. The zero-order valence-corrected chi connectivity index (χ0v) is 16.5. The van der Waals surface area contributed by atoms with Crippen LogP contribution in [0, 0.1) is 0 Å². The molecule has 3 aromatic rings. The highest BCUT2D eigenvalue weighted by Gasteiger charge is 2.16. The fraction of sp³-hybridized carbons (Fsp3) is 0.208. The van der Waals surface area contributed by atoms with Crippen LogP contribution in [0.15, 0.2) is 72.8 Å². The molecule has 0 unspecified atom stereocenters. The van der Waals surface area contributed by atoms with Crippen LogP contribution < -0.4 is 14.8 Å². The Labute approximate surface area is 165 Å². The van der Waals surface area contributed by atoms with E-state index in [4.69, 9.17) is 9.47 Å². The summed E-state index contributed by atoms with van der Waals surface area (Å²) in [6, 6.07) is 19.4. The second kappa shape index (κ2) is 8.61. The maximum absolute atomic E-state index is 12.7. The first-order valence-electron chi connectivity index (χ1n) is 9.22. The van der Waals surface area contributed by atoms with Crippen molar-refractivity contribution in [2.45, 2.75) is 19.8 Å². The van der Waals surface area contributed by atoms with Gasteiger partial charge in [0.2, 0.25) is 5.91 Å². The van der Waals surface area contributed by atoms with Gasteiger partial charge in [0.25, 0.3) is 0 Å². The van der Waals surface area contributed by atoms with Crippen molar-refractivity contribution in [3.63, 3.8) is 0 Å². The largest absolute Gasteiger partial charge is 0.497 e. The number of hydrogen-bond acceptors (Lipinski definition) is 3. The van der Waals surface area contributed by atoms with Crippen LogP contribution in [-0.4, -0.2) is 19.6 Å². The highest BCUT2D eigenvalue weighted by molar-refractivity contribution is 5.96. The Morgan fingerprint density at radius 3 is 2.54 bits per heavy atom. The average Bonchev–Trinajstić information content (AvgIpc) is 2.71. The summed E-state index contributed by atoms with van der Waals surface area (Å²) in [5.41, 5.74) is 2.61. The summed E-state index contributed by atoms with van der Waals surface area (Å²) in [5, 5.41) is 5.13. The zero-order chi connectivity index (χ0) is 20.1. The SMILES string of the molecule is C=C(C)COc1cccc(NC(=O)[C@@H](C)c2ccc3cc(OC)ccc3c2)c1. The first kappa shape index (κ1) is 19.5. The number of rotatable bonds is 7. The Morgan fingerprint density at radius 2 is 1.79 bits per heavy atom. The number of carbonyl (C=O) groups is 1. The lowest BCUT2D eigenvalue weighted by Gasteiger charge is -2.14. The van der Waals surface area contributed by atoms with E-state index in [1.54, 1.807) is 7.11 Å². The summed E-state index contributed by atoms with van der Waals surface area (Å²) in [4.78, 5) is 12.7. The van der Waals surface area contributed by atoms with Crippen LogP contribution in [0.2, 0.25) is 0 Å². The molecule has 28 heavy (non-hydrogen) atoms. The highest BCUT2D eigenvalue weighted by Crippen LogP contribution is 2.26. The van der Waals surface area contributed by atoms with Gasteiger partial charge in [0.05, 0.1) is 13.0 Å². The molecule has 0 saturated heterocycles. The van der Waals surface area contributed by atoms with Crippen LogP contribution in [-0.2, 0) is 4.79 Å². The molecule has 1 N–H and O–H groups in total. The fourth-order valence-electron chi connectivity index (χ4n) is 2.91. The van der Waals surface area contributed by atoms with Gasteiger partial charge >= 0.3 is 0 Å². The molecule has 0 aliphatic carbocycles. The van der Waals surface area contributed by atoms with Crippen molar-refractivity contribution in [3.05, 3.63) is 78.4 Å². The smallest absolute Gasteiger partial charge is 0.231 e. The quantitative estimate of drug-likeness (QED) is 0.551. The molecule has 0 spiro atoms. The van der Waals surface area contributed by atoms with E-state index in [1.165, 1.54) is 0 Å². The third kappa shape index (κ3) is 4.71. The number of ether oxygens (including phenoxy) is 2. The fourth-order valence-corrected chi connectivity index (χ4v) is 2.91. The van der Waals surface area contributed by atoms with E-state index < -0.39 is 0 Å². The molecule has 0 heterocycles. The molecule has 3 aromatic carbocycles. The Kier molecular flexibility index (Phi) is 5.99. The van der Waals surface area contributed by atoms with E-state index in [-0.39, 0.29) is 11.8 Å². The van der Waals surface area contributed by atoms with E-state index in [1.807, 2.05) is 74.5 Å². The number of nitrogens with one attached hydrogen (secondary N) is 1. The summed E-state index contributed by atoms with van der Waals surface area (Å²) in [6.45, 7) is 8.10. The monoisotopic (exact) mass is 375 g/mol. The van der Waals surface area contributed by atoms with Crippen LogP contribution >= 0.6 is 0 Å². The third-order valence-corrected chi connectivity index (χ3v) is 4.55. The summed E-state index contributed by atoms with van der Waals surface area (Å²) in [5.74, 6) is 1.17. The third-order valence-electron chi connectivity index (χ3n) is 4.55. The van der Waals surface area contributed by atoms with Crippen molar-refractivity contribution < 1.29 is 14.3 Å². The molecule has 4 heteroatoms. The van der Waals surface area contributed by atoms with Gasteiger partial charge in [-0.1, -0.05) is 36.9 Å². The number of carbonyl (C=O) groups excluding carboxylic acids is 1. The van der Waals surface area contributed by atoms with Gasteiger partial charge in [0.15, 0.2) is 0 Å². The second-order valence-corrected chi connectivity index (χ2v) is 6.96. The molecule has 0 bridgehead atoms. The Hall–Kier alpha value is -3.27. The molecule has 0 aromatic heterocycles. The summed E-state index contributed by atoms with van der Waals surface area (Å²) in [7, 11) is 1.65. The van der Waals surface area contributed by atoms with Crippen LogP contribution in [0.4, 0.5) is 5.69 Å². The molecule has 144 valence electrons. The number of fused-ring (bicyclic) bond motifs is 1. The lowest BCUT2D eigenvalue weighted by atomic mass is 9.97. The number of anilines is 1. The lowest BCUT2D eigenvalue weighted by molar-refractivity contribution is -0.117. The maximum Gasteiger partial charge on any atom is 0.231 e. The van der Waals surface area contributed by atoms with Gasteiger partial charge in [-0.15, -0.1) is 0 Å². The van der Waals surface area contributed by atoms with Crippen LogP contribution in [0.25, 0.3) is 10.8 Å². The van der Waals surface area contributed by atoms with Crippen molar-refractivity contribution >= 4 is 22.4 Å². The van der Waals surface area contributed by atoms with Gasteiger partial charge in [-0.2, -0.15) is 0 Å². The number of amides is 1. The van der Waals surface area contributed by atoms with E-state index >= 15 is 0 Å². The lowest BCUT2D eigenvalue weighted by Crippen LogP contribution is -2.18. The van der Waals surface area contributed by atoms with Gasteiger partial charge in [-0.05, 0) is 60.0 Å².